The summed E-state index contributed by atoms with van der Waals surface area (Å²) < 4.78 is 34.2. The molecule has 5 nitrogen and oxygen atoms in total. The van der Waals surface area contributed by atoms with Gasteiger partial charge in [0.15, 0.2) is 0 Å². The van der Waals surface area contributed by atoms with Crippen molar-refractivity contribution in [1.82, 2.24) is 15.1 Å². The number of nitrogens with zero attached hydrogens (tertiary/aromatic N) is 2. The summed E-state index contributed by atoms with van der Waals surface area (Å²) in [4.78, 5) is 12.1. The number of furan rings is 1. The van der Waals surface area contributed by atoms with Gasteiger partial charge in [-0.1, -0.05) is 6.07 Å². The molecule has 2 heterocycles. The maximum atomic E-state index is 13.6. The van der Waals surface area contributed by atoms with Gasteiger partial charge in [0.1, 0.15) is 29.0 Å². The molecule has 118 valence electrons. The average Bonchev–Trinajstić information content (AvgIpc) is 3.21. The van der Waals surface area contributed by atoms with Crippen LogP contribution in [0.1, 0.15) is 22.2 Å². The smallest absolute Gasteiger partial charge is 0.257 e. The second-order valence-electron chi connectivity index (χ2n) is 4.82. The molecule has 0 fully saturated rings. The second-order valence-corrected chi connectivity index (χ2v) is 4.82. The number of aromatic nitrogens is 2. The van der Waals surface area contributed by atoms with Crippen molar-refractivity contribution >= 4 is 5.91 Å². The van der Waals surface area contributed by atoms with E-state index in [1.54, 1.807) is 35.3 Å². The Labute approximate surface area is 130 Å². The van der Waals surface area contributed by atoms with Gasteiger partial charge in [0.2, 0.25) is 0 Å². The van der Waals surface area contributed by atoms with Gasteiger partial charge < -0.3 is 9.73 Å². The van der Waals surface area contributed by atoms with Crippen molar-refractivity contribution in [2.75, 3.05) is 6.54 Å². The second kappa shape index (κ2) is 6.43. The van der Waals surface area contributed by atoms with E-state index in [9.17, 15) is 13.6 Å². The molecule has 0 radical (unpaired) electrons. The maximum Gasteiger partial charge on any atom is 0.257 e. The fraction of sp³-hybridized carbons (Fsp3) is 0.125. The van der Waals surface area contributed by atoms with E-state index in [1.165, 1.54) is 12.3 Å². The molecular weight excluding hydrogens is 304 g/mol. The highest BCUT2D eigenvalue weighted by Crippen LogP contribution is 2.18. The molecule has 3 rings (SSSR count). The van der Waals surface area contributed by atoms with Gasteiger partial charge in [-0.2, -0.15) is 5.10 Å². The SMILES string of the molecule is O=C(NCC(c1ccco1)n1cccn1)c1c(F)cccc1F. The predicted molar refractivity (Wildman–Crippen MR) is 77.8 cm³/mol. The fourth-order valence-corrected chi connectivity index (χ4v) is 2.26. The third-order valence-corrected chi connectivity index (χ3v) is 3.36. The first-order valence-corrected chi connectivity index (χ1v) is 6.91. The van der Waals surface area contributed by atoms with Gasteiger partial charge in [0, 0.05) is 18.9 Å². The van der Waals surface area contributed by atoms with Crippen molar-refractivity contribution in [2.24, 2.45) is 0 Å². The normalized spacial score (nSPS) is 12.1. The first kappa shape index (κ1) is 15.0. The van der Waals surface area contributed by atoms with Crippen LogP contribution in [0.5, 0.6) is 0 Å². The molecule has 23 heavy (non-hydrogen) atoms. The van der Waals surface area contributed by atoms with Crippen LogP contribution in [0, 0.1) is 11.6 Å². The van der Waals surface area contributed by atoms with Crippen LogP contribution >= 0.6 is 0 Å². The van der Waals surface area contributed by atoms with Gasteiger partial charge in [0.05, 0.1) is 6.26 Å². The van der Waals surface area contributed by atoms with E-state index < -0.39 is 29.1 Å². The highest BCUT2D eigenvalue weighted by atomic mass is 19.1. The number of carbonyl (C=O) groups excluding carboxylic acids is 1. The summed E-state index contributed by atoms with van der Waals surface area (Å²) in [6.45, 7) is 0.0712. The van der Waals surface area contributed by atoms with Crippen LogP contribution in [-0.2, 0) is 0 Å². The van der Waals surface area contributed by atoms with Crippen molar-refractivity contribution in [3.63, 3.8) is 0 Å². The molecule has 1 atom stereocenters. The number of rotatable bonds is 5. The molecule has 0 spiro atoms. The van der Waals surface area contributed by atoms with E-state index in [1.807, 2.05) is 0 Å². The Morgan fingerprint density at radius 1 is 1.22 bits per heavy atom. The van der Waals surface area contributed by atoms with Gasteiger partial charge in [-0.3, -0.25) is 9.48 Å². The number of carbonyl (C=O) groups is 1. The van der Waals surface area contributed by atoms with E-state index >= 15 is 0 Å². The van der Waals surface area contributed by atoms with E-state index in [0.29, 0.717) is 5.76 Å². The van der Waals surface area contributed by atoms with Crippen LogP contribution < -0.4 is 5.32 Å². The molecular formula is C16H13F2N3O2. The van der Waals surface area contributed by atoms with Gasteiger partial charge in [-0.25, -0.2) is 8.78 Å². The van der Waals surface area contributed by atoms with Crippen LogP contribution in [-0.4, -0.2) is 22.2 Å². The molecule has 0 saturated heterocycles. The molecule has 7 heteroatoms. The summed E-state index contributed by atoms with van der Waals surface area (Å²) in [5.74, 6) is -2.07. The average molecular weight is 317 g/mol. The largest absolute Gasteiger partial charge is 0.467 e. The van der Waals surface area contributed by atoms with Gasteiger partial charge >= 0.3 is 0 Å². The molecule has 0 saturated carbocycles. The Hall–Kier alpha value is -2.96. The van der Waals surface area contributed by atoms with Crippen molar-refractivity contribution < 1.29 is 18.0 Å². The molecule has 1 unspecified atom stereocenters. The fourth-order valence-electron chi connectivity index (χ4n) is 2.26. The highest BCUT2D eigenvalue weighted by molar-refractivity contribution is 5.94. The van der Waals surface area contributed by atoms with Crippen molar-refractivity contribution in [2.45, 2.75) is 6.04 Å². The van der Waals surface area contributed by atoms with Crippen LogP contribution in [0.2, 0.25) is 0 Å². The van der Waals surface area contributed by atoms with E-state index in [4.69, 9.17) is 4.42 Å². The van der Waals surface area contributed by atoms with Gasteiger partial charge in [-0.05, 0) is 30.3 Å². The van der Waals surface area contributed by atoms with E-state index in [-0.39, 0.29) is 6.54 Å². The maximum absolute atomic E-state index is 13.6. The minimum absolute atomic E-state index is 0.0712. The number of nitrogens with one attached hydrogen (secondary N) is 1. The Morgan fingerprint density at radius 3 is 2.61 bits per heavy atom. The standard InChI is InChI=1S/C16H13F2N3O2/c17-11-4-1-5-12(18)15(11)16(22)19-10-13(14-6-2-9-23-14)21-8-3-7-20-21/h1-9,13H,10H2,(H,19,22). The Balaban J connectivity index is 1.78. The summed E-state index contributed by atoms with van der Waals surface area (Å²) in [5, 5.41) is 6.63. The quantitative estimate of drug-likeness (QED) is 0.787. The highest BCUT2D eigenvalue weighted by Gasteiger charge is 2.21. The van der Waals surface area contributed by atoms with Crippen LogP contribution in [0.3, 0.4) is 0 Å². The van der Waals surface area contributed by atoms with E-state index in [0.717, 1.165) is 12.1 Å². The molecule has 1 aromatic carbocycles. The minimum Gasteiger partial charge on any atom is -0.467 e. The molecule has 0 aliphatic carbocycles. The number of halogens is 2. The lowest BCUT2D eigenvalue weighted by atomic mass is 10.1. The number of amides is 1. The lowest BCUT2D eigenvalue weighted by Crippen LogP contribution is -2.32. The number of benzene rings is 1. The molecule has 2 aromatic heterocycles. The van der Waals surface area contributed by atoms with Crippen molar-refractivity contribution in [1.29, 1.82) is 0 Å². The molecule has 1 amide bonds. The van der Waals surface area contributed by atoms with Crippen LogP contribution in [0.25, 0.3) is 0 Å². The molecule has 3 aromatic rings. The van der Waals surface area contributed by atoms with Crippen LogP contribution in [0.15, 0.2) is 59.5 Å². The predicted octanol–water partition coefficient (Wildman–Crippen LogP) is 2.77. The number of hydrogen-bond acceptors (Lipinski definition) is 3. The van der Waals surface area contributed by atoms with E-state index in [2.05, 4.69) is 10.4 Å². The lowest BCUT2D eigenvalue weighted by molar-refractivity contribution is 0.0939. The molecule has 0 bridgehead atoms. The summed E-state index contributed by atoms with van der Waals surface area (Å²) in [6, 6.07) is 8.04. The van der Waals surface area contributed by atoms with Gasteiger partial charge in [0.25, 0.3) is 5.91 Å². The Kier molecular flexibility index (Phi) is 4.18. The Morgan fingerprint density at radius 2 is 2.00 bits per heavy atom. The third kappa shape index (κ3) is 3.13. The summed E-state index contributed by atoms with van der Waals surface area (Å²) in [6.07, 6.45) is 4.81. The first-order valence-electron chi connectivity index (χ1n) is 6.91. The molecule has 0 aliphatic rings. The zero-order valence-electron chi connectivity index (χ0n) is 11.9. The number of hydrogen-bond donors (Lipinski definition) is 1. The van der Waals surface area contributed by atoms with Gasteiger partial charge in [-0.15, -0.1) is 0 Å². The zero-order valence-corrected chi connectivity index (χ0v) is 11.9. The summed E-state index contributed by atoms with van der Waals surface area (Å²) in [7, 11) is 0. The molecule has 0 aliphatic heterocycles. The minimum atomic E-state index is -0.906. The van der Waals surface area contributed by atoms with Crippen molar-refractivity contribution in [3.8, 4) is 0 Å². The first-order chi connectivity index (χ1) is 11.2. The van der Waals surface area contributed by atoms with Crippen LogP contribution in [0.4, 0.5) is 8.78 Å². The summed E-state index contributed by atoms with van der Waals surface area (Å²) >= 11 is 0. The lowest BCUT2D eigenvalue weighted by Gasteiger charge is -2.16. The third-order valence-electron chi connectivity index (χ3n) is 3.36. The Bertz CT molecular complexity index is 731. The summed E-state index contributed by atoms with van der Waals surface area (Å²) in [5.41, 5.74) is -0.605. The topological polar surface area (TPSA) is 60.1 Å². The monoisotopic (exact) mass is 317 g/mol. The zero-order chi connectivity index (χ0) is 16.2. The molecule has 1 N–H and O–H groups in total. The van der Waals surface area contributed by atoms with Crippen molar-refractivity contribution in [3.05, 3.63) is 78.0 Å².